The van der Waals surface area contributed by atoms with E-state index in [1.54, 1.807) is 0 Å². The SMILES string of the molecule is CNC1CCN(C(C)Cc2ccc(C)s2)CC1. The van der Waals surface area contributed by atoms with Gasteiger partial charge in [-0.15, -0.1) is 11.3 Å². The smallest absolute Gasteiger partial charge is 0.0115 e. The summed E-state index contributed by atoms with van der Waals surface area (Å²) in [5.41, 5.74) is 0. The van der Waals surface area contributed by atoms with Crippen molar-refractivity contribution in [2.75, 3.05) is 20.1 Å². The zero-order valence-electron chi connectivity index (χ0n) is 11.2. The molecule has 1 unspecified atom stereocenters. The molecule has 1 aliphatic heterocycles. The number of likely N-dealkylation sites (tertiary alicyclic amines) is 1. The summed E-state index contributed by atoms with van der Waals surface area (Å²) in [4.78, 5) is 5.61. The van der Waals surface area contributed by atoms with Gasteiger partial charge in [0.05, 0.1) is 0 Å². The fourth-order valence-corrected chi connectivity index (χ4v) is 3.65. The molecule has 0 amide bonds. The molecule has 1 N–H and O–H groups in total. The van der Waals surface area contributed by atoms with Crippen LogP contribution in [0.4, 0.5) is 0 Å². The first-order valence-corrected chi connectivity index (χ1v) is 7.47. The van der Waals surface area contributed by atoms with Crippen LogP contribution >= 0.6 is 11.3 Å². The second-order valence-electron chi connectivity index (χ2n) is 5.16. The van der Waals surface area contributed by atoms with Gasteiger partial charge in [-0.2, -0.15) is 0 Å². The van der Waals surface area contributed by atoms with Crippen molar-refractivity contribution in [3.8, 4) is 0 Å². The molecule has 2 heterocycles. The van der Waals surface area contributed by atoms with Gasteiger partial charge in [0.2, 0.25) is 0 Å². The molecule has 0 aromatic carbocycles. The van der Waals surface area contributed by atoms with Gasteiger partial charge in [-0.05, 0) is 65.4 Å². The molecule has 3 heteroatoms. The van der Waals surface area contributed by atoms with Crippen molar-refractivity contribution in [3.05, 3.63) is 21.9 Å². The van der Waals surface area contributed by atoms with E-state index in [0.29, 0.717) is 6.04 Å². The van der Waals surface area contributed by atoms with Crippen LogP contribution in [0.15, 0.2) is 12.1 Å². The van der Waals surface area contributed by atoms with Crippen molar-refractivity contribution in [1.29, 1.82) is 0 Å². The zero-order valence-corrected chi connectivity index (χ0v) is 12.0. The topological polar surface area (TPSA) is 15.3 Å². The highest BCUT2D eigenvalue weighted by atomic mass is 32.1. The van der Waals surface area contributed by atoms with E-state index in [1.165, 1.54) is 42.1 Å². The highest BCUT2D eigenvalue weighted by Gasteiger charge is 2.21. The third-order valence-corrected chi connectivity index (χ3v) is 4.88. The average molecular weight is 252 g/mol. The van der Waals surface area contributed by atoms with Crippen molar-refractivity contribution in [2.45, 2.75) is 45.2 Å². The maximum atomic E-state index is 3.39. The Morgan fingerprint density at radius 3 is 2.65 bits per heavy atom. The first-order chi connectivity index (χ1) is 8.19. The molecule has 17 heavy (non-hydrogen) atoms. The summed E-state index contributed by atoms with van der Waals surface area (Å²) >= 11 is 1.95. The molecule has 1 aromatic rings. The molecule has 1 aromatic heterocycles. The van der Waals surface area contributed by atoms with Gasteiger partial charge in [0, 0.05) is 21.8 Å². The van der Waals surface area contributed by atoms with Crippen LogP contribution in [0.25, 0.3) is 0 Å². The third-order valence-electron chi connectivity index (χ3n) is 3.85. The Morgan fingerprint density at radius 2 is 2.12 bits per heavy atom. The Labute approximate surface area is 109 Å². The number of nitrogens with one attached hydrogen (secondary N) is 1. The second kappa shape index (κ2) is 5.98. The van der Waals surface area contributed by atoms with E-state index in [-0.39, 0.29) is 0 Å². The third kappa shape index (κ3) is 3.54. The summed E-state index contributed by atoms with van der Waals surface area (Å²) in [5.74, 6) is 0. The van der Waals surface area contributed by atoms with Crippen LogP contribution in [0.3, 0.4) is 0 Å². The van der Waals surface area contributed by atoms with Gasteiger partial charge in [0.25, 0.3) is 0 Å². The lowest BCUT2D eigenvalue weighted by Gasteiger charge is -2.35. The first-order valence-electron chi connectivity index (χ1n) is 6.65. The first kappa shape index (κ1) is 13.1. The van der Waals surface area contributed by atoms with E-state index < -0.39 is 0 Å². The van der Waals surface area contributed by atoms with Crippen LogP contribution in [0.1, 0.15) is 29.5 Å². The van der Waals surface area contributed by atoms with Gasteiger partial charge in [-0.3, -0.25) is 0 Å². The number of hydrogen-bond acceptors (Lipinski definition) is 3. The lowest BCUT2D eigenvalue weighted by atomic mass is 10.0. The van der Waals surface area contributed by atoms with Gasteiger partial charge in [-0.25, -0.2) is 0 Å². The molecule has 0 saturated carbocycles. The van der Waals surface area contributed by atoms with E-state index in [2.05, 4.69) is 43.2 Å². The standard InChI is InChI=1S/C14H24N2S/c1-11(10-14-5-4-12(2)17-14)16-8-6-13(15-3)7-9-16/h4-5,11,13,15H,6-10H2,1-3H3. The van der Waals surface area contributed by atoms with Gasteiger partial charge >= 0.3 is 0 Å². The lowest BCUT2D eigenvalue weighted by molar-refractivity contribution is 0.154. The fraction of sp³-hybridized carbons (Fsp3) is 0.714. The van der Waals surface area contributed by atoms with Crippen LogP contribution in [-0.2, 0) is 6.42 Å². The predicted molar refractivity (Wildman–Crippen MR) is 75.9 cm³/mol. The minimum atomic E-state index is 0.686. The number of piperidine rings is 1. The molecular formula is C14H24N2S. The number of thiophene rings is 1. The summed E-state index contributed by atoms with van der Waals surface area (Å²) in [6, 6.07) is 5.95. The largest absolute Gasteiger partial charge is 0.317 e. The Morgan fingerprint density at radius 1 is 1.41 bits per heavy atom. The summed E-state index contributed by atoms with van der Waals surface area (Å²) in [7, 11) is 2.08. The van der Waals surface area contributed by atoms with Crippen LogP contribution in [0, 0.1) is 6.92 Å². The van der Waals surface area contributed by atoms with Crippen molar-refractivity contribution in [2.24, 2.45) is 0 Å². The number of hydrogen-bond donors (Lipinski definition) is 1. The number of rotatable bonds is 4. The van der Waals surface area contributed by atoms with E-state index in [4.69, 9.17) is 0 Å². The van der Waals surface area contributed by atoms with Gasteiger partial charge in [0.15, 0.2) is 0 Å². The summed E-state index contributed by atoms with van der Waals surface area (Å²) in [5, 5.41) is 3.39. The highest BCUT2D eigenvalue weighted by Crippen LogP contribution is 2.20. The maximum absolute atomic E-state index is 3.39. The molecule has 2 rings (SSSR count). The van der Waals surface area contributed by atoms with Gasteiger partial charge < -0.3 is 10.2 Å². The second-order valence-corrected chi connectivity index (χ2v) is 6.54. The molecule has 0 spiro atoms. The quantitative estimate of drug-likeness (QED) is 0.886. The normalized spacial score (nSPS) is 20.6. The zero-order chi connectivity index (χ0) is 12.3. The summed E-state index contributed by atoms with van der Waals surface area (Å²) in [6.45, 7) is 7.06. The molecule has 1 aliphatic rings. The molecule has 0 bridgehead atoms. The van der Waals surface area contributed by atoms with Crippen LogP contribution in [0.5, 0.6) is 0 Å². The molecule has 96 valence electrons. The Hall–Kier alpha value is -0.380. The van der Waals surface area contributed by atoms with Crippen molar-refractivity contribution >= 4 is 11.3 Å². The molecule has 0 aliphatic carbocycles. The summed E-state index contributed by atoms with van der Waals surface area (Å²) < 4.78 is 0. The average Bonchev–Trinajstić information content (AvgIpc) is 2.75. The monoisotopic (exact) mass is 252 g/mol. The van der Waals surface area contributed by atoms with E-state index >= 15 is 0 Å². The van der Waals surface area contributed by atoms with E-state index in [0.717, 1.165) is 6.04 Å². The highest BCUT2D eigenvalue weighted by molar-refractivity contribution is 7.11. The minimum Gasteiger partial charge on any atom is -0.317 e. The van der Waals surface area contributed by atoms with Crippen molar-refractivity contribution in [3.63, 3.8) is 0 Å². The molecule has 1 saturated heterocycles. The Kier molecular flexibility index (Phi) is 4.60. The molecule has 2 nitrogen and oxygen atoms in total. The molecule has 1 atom stereocenters. The predicted octanol–water partition coefficient (Wildman–Crippen LogP) is 2.67. The van der Waals surface area contributed by atoms with Gasteiger partial charge in [-0.1, -0.05) is 0 Å². The van der Waals surface area contributed by atoms with Crippen LogP contribution in [-0.4, -0.2) is 37.1 Å². The van der Waals surface area contributed by atoms with Crippen LogP contribution < -0.4 is 5.32 Å². The number of aryl methyl sites for hydroxylation is 1. The minimum absolute atomic E-state index is 0.686. The fourth-order valence-electron chi connectivity index (χ4n) is 2.64. The Bertz CT molecular complexity index is 340. The summed E-state index contributed by atoms with van der Waals surface area (Å²) in [6.07, 6.45) is 3.80. The lowest BCUT2D eigenvalue weighted by Crippen LogP contribution is -2.45. The van der Waals surface area contributed by atoms with E-state index in [9.17, 15) is 0 Å². The molecule has 1 fully saturated rings. The molecule has 0 radical (unpaired) electrons. The van der Waals surface area contributed by atoms with Crippen LogP contribution in [0.2, 0.25) is 0 Å². The molecular weight excluding hydrogens is 228 g/mol. The van der Waals surface area contributed by atoms with Crippen molar-refractivity contribution in [1.82, 2.24) is 10.2 Å². The Balaban J connectivity index is 1.82. The van der Waals surface area contributed by atoms with Crippen molar-refractivity contribution < 1.29 is 0 Å². The van der Waals surface area contributed by atoms with Gasteiger partial charge in [0.1, 0.15) is 0 Å². The number of nitrogens with zero attached hydrogens (tertiary/aromatic N) is 1. The van der Waals surface area contributed by atoms with E-state index in [1.807, 2.05) is 11.3 Å². The maximum Gasteiger partial charge on any atom is 0.0115 e.